The maximum Gasteiger partial charge on any atom is 0.306 e. The van der Waals surface area contributed by atoms with Gasteiger partial charge in [-0.25, -0.2) is 4.99 Å². The molecule has 7 heteroatoms. The van der Waals surface area contributed by atoms with Gasteiger partial charge >= 0.3 is 5.97 Å². The van der Waals surface area contributed by atoms with Crippen molar-refractivity contribution in [2.45, 2.75) is 32.9 Å². The largest absolute Gasteiger partial charge is 0.466 e. The normalized spacial score (nSPS) is 16.0. The third kappa shape index (κ3) is 4.77. The second-order valence-electron chi connectivity index (χ2n) is 7.50. The van der Waals surface area contributed by atoms with Gasteiger partial charge in [0.1, 0.15) is 0 Å². The maximum absolute atomic E-state index is 12.3. The number of halogens is 1. The van der Waals surface area contributed by atoms with Crippen molar-refractivity contribution >= 4 is 34.8 Å². The molecule has 2 heterocycles. The lowest BCUT2D eigenvalue weighted by Crippen LogP contribution is -2.28. The van der Waals surface area contributed by atoms with Gasteiger partial charge in [0.15, 0.2) is 0 Å². The first-order valence-electron chi connectivity index (χ1n) is 10.2. The van der Waals surface area contributed by atoms with E-state index in [2.05, 4.69) is 34.2 Å². The molecular weight excluding hydrogens is 400 g/mol. The van der Waals surface area contributed by atoms with Gasteiger partial charge < -0.3 is 19.9 Å². The number of carbonyl (C=O) groups excluding carboxylic acids is 1. The molecule has 0 spiro atoms. The number of ether oxygens (including phenoxy) is 1. The zero-order chi connectivity index (χ0) is 21.7. The Morgan fingerprint density at radius 1 is 1.47 bits per heavy atom. The van der Waals surface area contributed by atoms with Gasteiger partial charge in [0, 0.05) is 59.3 Å². The third-order valence-electron chi connectivity index (χ3n) is 5.46. The van der Waals surface area contributed by atoms with E-state index in [1.54, 1.807) is 12.2 Å². The second kappa shape index (κ2) is 9.96. The first-order valence-corrected chi connectivity index (χ1v) is 10.6. The van der Waals surface area contributed by atoms with Crippen LogP contribution in [0.3, 0.4) is 0 Å². The number of rotatable bonds is 8. The van der Waals surface area contributed by atoms with Crippen LogP contribution in [0, 0.1) is 5.92 Å². The van der Waals surface area contributed by atoms with Crippen molar-refractivity contribution in [3.05, 3.63) is 58.9 Å². The minimum Gasteiger partial charge on any atom is -0.466 e. The lowest BCUT2D eigenvalue weighted by molar-refractivity contribution is -0.144. The summed E-state index contributed by atoms with van der Waals surface area (Å²) in [5, 5.41) is 1.88. The van der Waals surface area contributed by atoms with E-state index in [4.69, 9.17) is 22.1 Å². The monoisotopic (exact) mass is 428 g/mol. The number of nitrogens with zero attached hydrogens (tertiary/aromatic N) is 3. The molecule has 0 bridgehead atoms. The van der Waals surface area contributed by atoms with Gasteiger partial charge in [-0.3, -0.25) is 4.79 Å². The van der Waals surface area contributed by atoms with E-state index in [0.717, 1.165) is 35.4 Å². The van der Waals surface area contributed by atoms with Crippen molar-refractivity contribution in [2.75, 3.05) is 20.2 Å². The fraction of sp³-hybridized carbons (Fsp3) is 0.391. The highest BCUT2D eigenvalue weighted by atomic mass is 35.5. The number of nitrogens with two attached hydrogens (primary N) is 1. The number of aromatic nitrogens is 1. The Balaban J connectivity index is 2.08. The molecule has 0 saturated heterocycles. The Hall–Kier alpha value is -2.57. The highest BCUT2D eigenvalue weighted by molar-refractivity contribution is 6.31. The second-order valence-corrected chi connectivity index (χ2v) is 7.93. The van der Waals surface area contributed by atoms with Crippen LogP contribution in [0.15, 0.2) is 47.6 Å². The van der Waals surface area contributed by atoms with Crippen LogP contribution in [0.5, 0.6) is 0 Å². The zero-order valence-corrected chi connectivity index (χ0v) is 18.4. The molecule has 3 rings (SSSR count). The summed E-state index contributed by atoms with van der Waals surface area (Å²) in [6, 6.07) is 6.00. The van der Waals surface area contributed by atoms with Crippen molar-refractivity contribution in [3.8, 4) is 0 Å². The van der Waals surface area contributed by atoms with E-state index in [-0.39, 0.29) is 18.3 Å². The number of allylic oxidation sites excluding steroid dienone is 3. The Bertz CT molecular complexity index is 993. The number of carbonyl (C=O) groups is 1. The molecule has 0 aliphatic carbocycles. The molecule has 1 unspecified atom stereocenters. The topological polar surface area (TPSA) is 72.8 Å². The molecular formula is C23H29ClN4O2. The summed E-state index contributed by atoms with van der Waals surface area (Å²) < 4.78 is 7.53. The van der Waals surface area contributed by atoms with E-state index in [1.165, 1.54) is 17.6 Å². The van der Waals surface area contributed by atoms with E-state index in [9.17, 15) is 4.79 Å². The average molecular weight is 429 g/mol. The van der Waals surface area contributed by atoms with Crippen molar-refractivity contribution < 1.29 is 9.53 Å². The molecule has 1 aliphatic rings. The number of fused-ring (bicyclic) bond motifs is 3. The molecule has 1 aromatic heterocycles. The summed E-state index contributed by atoms with van der Waals surface area (Å²) in [5.41, 5.74) is 9.99. The minimum atomic E-state index is -0.252. The lowest BCUT2D eigenvalue weighted by Gasteiger charge is -2.26. The quantitative estimate of drug-likeness (QED) is 0.299. The first-order chi connectivity index (χ1) is 14.5. The van der Waals surface area contributed by atoms with Crippen LogP contribution in [0.1, 0.15) is 24.6 Å². The van der Waals surface area contributed by atoms with Gasteiger partial charge in [0.05, 0.1) is 19.4 Å². The smallest absolute Gasteiger partial charge is 0.306 e. The van der Waals surface area contributed by atoms with E-state index >= 15 is 0 Å². The molecule has 2 N–H and O–H groups in total. The minimum absolute atomic E-state index is 0.197. The fourth-order valence-corrected chi connectivity index (χ4v) is 4.33. The molecule has 1 aliphatic heterocycles. The molecule has 160 valence electrons. The van der Waals surface area contributed by atoms with Crippen LogP contribution in [-0.2, 0) is 29.0 Å². The number of hydrogen-bond acceptors (Lipinski definition) is 4. The average Bonchev–Trinajstić information content (AvgIpc) is 2.99. The number of aliphatic imine (C=N–C) groups is 1. The number of esters is 1. The Morgan fingerprint density at radius 2 is 2.27 bits per heavy atom. The molecule has 30 heavy (non-hydrogen) atoms. The van der Waals surface area contributed by atoms with Gasteiger partial charge in [-0.15, -0.1) is 0 Å². The molecule has 6 nitrogen and oxygen atoms in total. The highest BCUT2D eigenvalue weighted by Gasteiger charge is 2.26. The van der Waals surface area contributed by atoms with Gasteiger partial charge in [0.2, 0.25) is 0 Å². The summed E-state index contributed by atoms with van der Waals surface area (Å²) in [7, 11) is 2.13. The highest BCUT2D eigenvalue weighted by Crippen LogP contribution is 2.34. The van der Waals surface area contributed by atoms with Crippen molar-refractivity contribution in [2.24, 2.45) is 16.6 Å². The molecule has 0 radical (unpaired) electrons. The standard InChI is InChI=1S/C23H29ClN4O2/c1-4-6-20(26-15-25)16(11-23(29)30-5-2)13-28-21-8-7-17(24)12-18(21)19-14-27(3)10-9-22(19)28/h4,6-8,12,15-16H,1,5,9-11,13-14H2,2-3H3,(H2,25,26)/b20-6-. The molecule has 0 amide bonds. The van der Waals surface area contributed by atoms with Crippen LogP contribution < -0.4 is 5.73 Å². The molecule has 1 aromatic carbocycles. The maximum atomic E-state index is 12.3. The van der Waals surface area contributed by atoms with Crippen molar-refractivity contribution in [3.63, 3.8) is 0 Å². The Labute approximate surface area is 182 Å². The van der Waals surface area contributed by atoms with Crippen LogP contribution in [0.25, 0.3) is 10.9 Å². The Morgan fingerprint density at radius 3 is 2.97 bits per heavy atom. The number of benzene rings is 1. The summed E-state index contributed by atoms with van der Waals surface area (Å²) >= 11 is 6.31. The number of hydrogen-bond donors (Lipinski definition) is 1. The summed E-state index contributed by atoms with van der Waals surface area (Å²) in [4.78, 5) is 19.0. The summed E-state index contributed by atoms with van der Waals surface area (Å²) in [6.45, 7) is 8.38. The molecule has 2 aromatic rings. The lowest BCUT2D eigenvalue weighted by atomic mass is 10.00. The van der Waals surface area contributed by atoms with Crippen molar-refractivity contribution in [1.29, 1.82) is 0 Å². The van der Waals surface area contributed by atoms with Crippen LogP contribution >= 0.6 is 11.6 Å². The zero-order valence-electron chi connectivity index (χ0n) is 17.6. The Kier molecular flexibility index (Phi) is 7.34. The van der Waals surface area contributed by atoms with E-state index in [0.29, 0.717) is 18.8 Å². The van der Waals surface area contributed by atoms with Gasteiger partial charge in [-0.05, 0) is 43.8 Å². The molecule has 0 fully saturated rings. The predicted molar refractivity (Wildman–Crippen MR) is 123 cm³/mol. The van der Waals surface area contributed by atoms with E-state index < -0.39 is 0 Å². The van der Waals surface area contributed by atoms with Crippen LogP contribution in [0.4, 0.5) is 0 Å². The first kappa shape index (κ1) is 22.1. The van der Waals surface area contributed by atoms with Crippen LogP contribution in [-0.4, -0.2) is 42.0 Å². The third-order valence-corrected chi connectivity index (χ3v) is 5.69. The van der Waals surface area contributed by atoms with Gasteiger partial charge in [0.25, 0.3) is 0 Å². The molecule has 1 atom stereocenters. The summed E-state index contributed by atoms with van der Waals surface area (Å²) in [6.07, 6.45) is 5.87. The van der Waals surface area contributed by atoms with Gasteiger partial charge in [-0.1, -0.05) is 24.3 Å². The SMILES string of the molecule is C=C/C=C(\N=C/N)C(CC(=O)OCC)Cn1c2c(c3cc(Cl)ccc31)CN(C)CC2. The predicted octanol–water partition coefficient (Wildman–Crippen LogP) is 3.91. The number of likely N-dealkylation sites (N-methyl/N-ethyl adjacent to an activating group) is 1. The fourth-order valence-electron chi connectivity index (χ4n) is 4.16. The molecule has 0 saturated carbocycles. The summed E-state index contributed by atoms with van der Waals surface area (Å²) in [5.74, 6) is -0.449. The van der Waals surface area contributed by atoms with Crippen LogP contribution in [0.2, 0.25) is 5.02 Å². The van der Waals surface area contributed by atoms with E-state index in [1.807, 2.05) is 19.1 Å². The van der Waals surface area contributed by atoms with Gasteiger partial charge in [-0.2, -0.15) is 0 Å². The van der Waals surface area contributed by atoms with Crippen molar-refractivity contribution in [1.82, 2.24) is 9.47 Å².